The average molecular weight is 782 g/mol. The lowest BCUT2D eigenvalue weighted by molar-refractivity contribution is -0.142. The van der Waals surface area contributed by atoms with Crippen molar-refractivity contribution in [2.24, 2.45) is 5.73 Å². The van der Waals surface area contributed by atoms with Crippen LogP contribution in [0.25, 0.3) is 33.9 Å². The smallest absolute Gasteiger partial charge is 0.379 e. The van der Waals surface area contributed by atoms with Gasteiger partial charge in [0.2, 0.25) is 0 Å². The number of alkyl halides is 6. The molecule has 298 valence electrons. The number of Topliss-reactive ketones (excluding diaryl/α,β-unsaturated/α-hetero) is 1. The molecular weight excluding hydrogens is 736 g/mol. The molecular formula is C42H45F6N5O3. The second-order valence-electron chi connectivity index (χ2n) is 13.6. The highest BCUT2D eigenvalue weighted by molar-refractivity contribution is 5.96. The highest BCUT2D eigenvalue weighted by Gasteiger charge is 2.39. The number of ether oxygens (including phenoxy) is 2. The molecule has 0 spiro atoms. The SMILES string of the molecule is CN(C)c1ccc(-c2nc(-c3ccc(C(F)(F)F)cc3C(F)(F)F)n(Cc3ccc(C(=O)CCCOCCOCCN)cc3)c2-c2ccc(N(C)C)cc2)cc1. The van der Waals surface area contributed by atoms with E-state index in [0.717, 1.165) is 17.4 Å². The van der Waals surface area contributed by atoms with Crippen LogP contribution in [0.15, 0.2) is 91.0 Å². The highest BCUT2D eigenvalue weighted by Crippen LogP contribution is 2.44. The quantitative estimate of drug-likeness (QED) is 0.0573. The molecule has 0 fully saturated rings. The third kappa shape index (κ3) is 10.4. The first-order chi connectivity index (χ1) is 26.6. The van der Waals surface area contributed by atoms with Gasteiger partial charge in [-0.25, -0.2) is 4.98 Å². The number of nitrogens with zero attached hydrogens (tertiary/aromatic N) is 4. The molecule has 0 radical (unpaired) electrons. The van der Waals surface area contributed by atoms with Gasteiger partial charge in [0.05, 0.1) is 42.3 Å². The van der Waals surface area contributed by atoms with Crippen molar-refractivity contribution in [3.05, 3.63) is 113 Å². The lowest BCUT2D eigenvalue weighted by Gasteiger charge is -2.19. The molecule has 0 saturated carbocycles. The van der Waals surface area contributed by atoms with Gasteiger partial charge in [0.15, 0.2) is 5.78 Å². The van der Waals surface area contributed by atoms with Crippen LogP contribution in [0.3, 0.4) is 0 Å². The Kier molecular flexibility index (Phi) is 13.6. The first-order valence-electron chi connectivity index (χ1n) is 18.0. The summed E-state index contributed by atoms with van der Waals surface area (Å²) in [6.45, 7) is 2.03. The third-order valence-corrected chi connectivity index (χ3v) is 9.12. The van der Waals surface area contributed by atoms with E-state index in [-0.39, 0.29) is 30.6 Å². The zero-order valence-electron chi connectivity index (χ0n) is 31.7. The number of carbonyl (C=O) groups is 1. The van der Waals surface area contributed by atoms with Crippen molar-refractivity contribution in [2.75, 3.05) is 71.0 Å². The first-order valence-corrected chi connectivity index (χ1v) is 18.0. The normalized spacial score (nSPS) is 11.9. The van der Waals surface area contributed by atoms with E-state index in [9.17, 15) is 31.1 Å². The van der Waals surface area contributed by atoms with Crippen molar-refractivity contribution >= 4 is 17.2 Å². The monoisotopic (exact) mass is 781 g/mol. The average Bonchev–Trinajstić information content (AvgIpc) is 3.53. The minimum absolute atomic E-state index is 0.0181. The predicted octanol–water partition coefficient (Wildman–Crippen LogP) is 9.06. The predicted molar refractivity (Wildman–Crippen MR) is 207 cm³/mol. The molecule has 5 aromatic rings. The number of hydrogen-bond donors (Lipinski definition) is 1. The van der Waals surface area contributed by atoms with Crippen LogP contribution in [0.1, 0.15) is 39.9 Å². The van der Waals surface area contributed by atoms with Gasteiger partial charge in [-0.15, -0.1) is 0 Å². The molecule has 56 heavy (non-hydrogen) atoms. The molecule has 14 heteroatoms. The second kappa shape index (κ2) is 18.2. The van der Waals surface area contributed by atoms with E-state index in [1.54, 1.807) is 28.8 Å². The standard InChI is InChI=1S/C42H45F6N5O3/c1-51(2)33-16-11-30(12-17-33)38-39(31-13-18-34(19-14-31)52(3)4)53(40(50-38)35-20-15-32(41(43,44)45)26-36(35)42(46,47)48)27-28-7-9-29(10-8-28)37(54)6-5-22-55-24-25-56-23-21-49/h7-20,26H,5-6,21-25,27,49H2,1-4H3. The molecule has 4 aromatic carbocycles. The van der Waals surface area contributed by atoms with Crippen molar-refractivity contribution in [2.45, 2.75) is 31.7 Å². The number of hydrogen-bond acceptors (Lipinski definition) is 7. The van der Waals surface area contributed by atoms with Crippen molar-refractivity contribution in [1.29, 1.82) is 0 Å². The van der Waals surface area contributed by atoms with Crippen LogP contribution in [0.5, 0.6) is 0 Å². The molecule has 0 aliphatic rings. The van der Waals surface area contributed by atoms with Gasteiger partial charge in [0.25, 0.3) is 0 Å². The number of ketones is 1. The van der Waals surface area contributed by atoms with E-state index in [4.69, 9.17) is 20.2 Å². The molecule has 0 atom stereocenters. The molecule has 2 N–H and O–H groups in total. The summed E-state index contributed by atoms with van der Waals surface area (Å²) >= 11 is 0. The summed E-state index contributed by atoms with van der Waals surface area (Å²) in [5, 5.41) is 0. The maximum atomic E-state index is 14.7. The van der Waals surface area contributed by atoms with Crippen LogP contribution >= 0.6 is 0 Å². The number of anilines is 2. The zero-order chi connectivity index (χ0) is 40.6. The lowest BCUT2D eigenvalue weighted by Crippen LogP contribution is -2.14. The Bertz CT molecular complexity index is 2060. The Morgan fingerprint density at radius 2 is 1.29 bits per heavy atom. The fourth-order valence-corrected chi connectivity index (χ4v) is 6.15. The van der Waals surface area contributed by atoms with Gasteiger partial charge in [0, 0.05) is 87.9 Å². The summed E-state index contributed by atoms with van der Waals surface area (Å²) in [5.74, 6) is -0.273. The minimum atomic E-state index is -5.14. The van der Waals surface area contributed by atoms with Crippen LogP contribution in [0, 0.1) is 0 Å². The third-order valence-electron chi connectivity index (χ3n) is 9.12. The summed E-state index contributed by atoms with van der Waals surface area (Å²) in [6, 6.07) is 23.1. The molecule has 5 rings (SSSR count). The maximum Gasteiger partial charge on any atom is 0.417 e. The Labute approximate surface area is 322 Å². The summed E-state index contributed by atoms with van der Waals surface area (Å²) in [6.07, 6.45) is -9.40. The van der Waals surface area contributed by atoms with Gasteiger partial charge in [0.1, 0.15) is 5.82 Å². The molecule has 0 amide bonds. The van der Waals surface area contributed by atoms with E-state index in [0.29, 0.717) is 79.1 Å². The van der Waals surface area contributed by atoms with Crippen molar-refractivity contribution in [1.82, 2.24) is 9.55 Å². The first kappa shape index (κ1) is 42.0. The second-order valence-corrected chi connectivity index (χ2v) is 13.6. The summed E-state index contributed by atoms with van der Waals surface area (Å²) in [4.78, 5) is 21.6. The van der Waals surface area contributed by atoms with E-state index >= 15 is 0 Å². The number of imidazole rings is 1. The van der Waals surface area contributed by atoms with Crippen LogP contribution < -0.4 is 15.5 Å². The Morgan fingerprint density at radius 3 is 1.82 bits per heavy atom. The Balaban J connectivity index is 1.61. The molecule has 1 aromatic heterocycles. The number of aromatic nitrogens is 2. The molecule has 0 unspecified atom stereocenters. The van der Waals surface area contributed by atoms with Gasteiger partial charge in [-0.2, -0.15) is 26.3 Å². The van der Waals surface area contributed by atoms with Gasteiger partial charge in [-0.05, 0) is 48.4 Å². The van der Waals surface area contributed by atoms with Crippen LogP contribution in [0.4, 0.5) is 37.7 Å². The number of nitrogens with two attached hydrogens (primary N) is 1. The number of benzene rings is 4. The van der Waals surface area contributed by atoms with Gasteiger partial charge >= 0.3 is 12.4 Å². The zero-order valence-corrected chi connectivity index (χ0v) is 31.7. The van der Waals surface area contributed by atoms with Gasteiger partial charge < -0.3 is 29.6 Å². The number of rotatable bonds is 17. The fourth-order valence-electron chi connectivity index (χ4n) is 6.15. The molecule has 0 saturated heterocycles. The van der Waals surface area contributed by atoms with Crippen LogP contribution in [-0.2, 0) is 28.4 Å². The topological polar surface area (TPSA) is 85.8 Å². The van der Waals surface area contributed by atoms with E-state index in [1.807, 2.05) is 86.5 Å². The summed E-state index contributed by atoms with van der Waals surface area (Å²) in [5.41, 5.74) is 6.86. The number of carbonyl (C=O) groups excluding carboxylic acids is 1. The maximum absolute atomic E-state index is 14.7. The molecule has 8 nitrogen and oxygen atoms in total. The molecule has 0 bridgehead atoms. The molecule has 0 aliphatic heterocycles. The van der Waals surface area contributed by atoms with E-state index in [2.05, 4.69) is 0 Å². The van der Waals surface area contributed by atoms with Crippen LogP contribution in [0.2, 0.25) is 0 Å². The van der Waals surface area contributed by atoms with Crippen molar-refractivity contribution < 1.29 is 40.6 Å². The Morgan fingerprint density at radius 1 is 0.714 bits per heavy atom. The largest absolute Gasteiger partial charge is 0.417 e. The van der Waals surface area contributed by atoms with E-state index in [1.165, 1.54) is 0 Å². The van der Waals surface area contributed by atoms with Crippen LogP contribution in [-0.4, -0.2) is 76.5 Å². The molecule has 0 aliphatic carbocycles. The van der Waals surface area contributed by atoms with Crippen molar-refractivity contribution in [3.63, 3.8) is 0 Å². The van der Waals surface area contributed by atoms with Gasteiger partial charge in [-0.1, -0.05) is 54.6 Å². The minimum Gasteiger partial charge on any atom is -0.379 e. The fraction of sp³-hybridized carbons (Fsp3) is 0.333. The Hall–Kier alpha value is -5.18. The van der Waals surface area contributed by atoms with Crippen molar-refractivity contribution in [3.8, 4) is 33.9 Å². The molecule has 1 heterocycles. The number of halogens is 6. The van der Waals surface area contributed by atoms with Gasteiger partial charge in [-0.3, -0.25) is 4.79 Å². The highest BCUT2D eigenvalue weighted by atomic mass is 19.4. The van der Waals surface area contributed by atoms with E-state index < -0.39 is 29.0 Å². The summed E-state index contributed by atoms with van der Waals surface area (Å²) in [7, 11) is 7.50. The summed E-state index contributed by atoms with van der Waals surface area (Å²) < 4.78 is 97.8. The lowest BCUT2D eigenvalue weighted by atomic mass is 10.0.